The Morgan fingerprint density at radius 1 is 1.10 bits per heavy atom. The van der Waals surface area contributed by atoms with E-state index in [1.54, 1.807) is 10.5 Å². The van der Waals surface area contributed by atoms with Crippen LogP contribution < -0.4 is 10.5 Å². The number of aromatic nitrogens is 3. The van der Waals surface area contributed by atoms with E-state index in [1.165, 1.54) is 0 Å². The Kier molecular flexibility index (Phi) is 4.13. The zero-order valence-corrected chi connectivity index (χ0v) is 16.8. The van der Waals surface area contributed by atoms with Crippen LogP contribution in [0.4, 0.5) is 5.69 Å². The Hall–Kier alpha value is -3.19. The van der Waals surface area contributed by atoms with Crippen LogP contribution in [0.1, 0.15) is 12.8 Å². The van der Waals surface area contributed by atoms with Gasteiger partial charge in [0.15, 0.2) is 11.5 Å². The van der Waals surface area contributed by atoms with Gasteiger partial charge in [0.05, 0.1) is 11.4 Å². The molecule has 0 saturated carbocycles. The van der Waals surface area contributed by atoms with E-state index >= 15 is 0 Å². The van der Waals surface area contributed by atoms with Gasteiger partial charge < -0.3 is 14.2 Å². The van der Waals surface area contributed by atoms with Crippen molar-refractivity contribution in [2.45, 2.75) is 19.9 Å². The molecule has 0 amide bonds. The van der Waals surface area contributed by atoms with Crippen molar-refractivity contribution in [1.29, 1.82) is 0 Å². The Morgan fingerprint density at radius 2 is 1.97 bits per heavy atom. The van der Waals surface area contributed by atoms with Crippen LogP contribution in [0.15, 0.2) is 51.8 Å². The molecule has 0 spiro atoms. The quantitative estimate of drug-likeness (QED) is 0.525. The summed E-state index contributed by atoms with van der Waals surface area (Å²) in [6.07, 6.45) is 1.90. The van der Waals surface area contributed by atoms with Gasteiger partial charge in [-0.15, -0.1) is 0 Å². The number of fused-ring (bicyclic) bond motifs is 2. The van der Waals surface area contributed by atoms with Crippen LogP contribution in [0.2, 0.25) is 0 Å². The first-order valence-electron chi connectivity index (χ1n) is 9.84. The number of nitrogens with zero attached hydrogens (tertiary/aromatic N) is 5. The minimum absolute atomic E-state index is 0.0946. The molecule has 7 nitrogen and oxygen atoms in total. The number of oxazole rings is 1. The molecule has 0 radical (unpaired) electrons. The molecular weight excluding hydrogens is 366 g/mol. The molecule has 0 unspecified atom stereocenters. The van der Waals surface area contributed by atoms with Gasteiger partial charge in [0.25, 0.3) is 5.56 Å². The van der Waals surface area contributed by atoms with Crippen molar-refractivity contribution in [3.8, 4) is 11.3 Å². The molecule has 0 aliphatic carbocycles. The molecule has 29 heavy (non-hydrogen) atoms. The normalized spacial score (nSPS) is 18.0. The van der Waals surface area contributed by atoms with Gasteiger partial charge in [0.2, 0.25) is 0 Å². The van der Waals surface area contributed by atoms with Crippen molar-refractivity contribution >= 4 is 22.4 Å². The summed E-state index contributed by atoms with van der Waals surface area (Å²) in [4.78, 5) is 26.6. The molecule has 1 aliphatic rings. The third-order valence-electron chi connectivity index (χ3n) is 5.76. The number of aryl methyl sites for hydroxylation is 1. The minimum atomic E-state index is -0.0946. The Balaban J connectivity index is 1.53. The Labute approximate surface area is 168 Å². The van der Waals surface area contributed by atoms with Crippen molar-refractivity contribution in [3.05, 3.63) is 58.8 Å². The van der Waals surface area contributed by atoms with Crippen LogP contribution in [-0.4, -0.2) is 52.0 Å². The van der Waals surface area contributed by atoms with Crippen molar-refractivity contribution in [2.24, 2.45) is 0 Å². The molecule has 1 aromatic carbocycles. The van der Waals surface area contributed by atoms with E-state index in [2.05, 4.69) is 28.8 Å². The number of hydrogen-bond donors (Lipinski definition) is 0. The van der Waals surface area contributed by atoms with E-state index in [4.69, 9.17) is 9.40 Å². The lowest BCUT2D eigenvalue weighted by Crippen LogP contribution is -2.50. The van der Waals surface area contributed by atoms with Crippen molar-refractivity contribution in [2.75, 3.05) is 31.6 Å². The van der Waals surface area contributed by atoms with Crippen molar-refractivity contribution < 1.29 is 4.42 Å². The molecule has 1 fully saturated rings. The highest BCUT2D eigenvalue weighted by Crippen LogP contribution is 2.24. The number of benzene rings is 1. The third-order valence-corrected chi connectivity index (χ3v) is 5.76. The van der Waals surface area contributed by atoms with Gasteiger partial charge in [0.1, 0.15) is 11.2 Å². The summed E-state index contributed by atoms with van der Waals surface area (Å²) in [6, 6.07) is 11.7. The molecule has 1 saturated heterocycles. The second-order valence-corrected chi connectivity index (χ2v) is 7.79. The van der Waals surface area contributed by atoms with Gasteiger partial charge in [-0.25, -0.2) is 9.97 Å². The standard InChI is InChI=1S/C22H23N5O2/c1-14-12-26(9-8-25(14)3)17-5-7-21-24-19(11-22(28)27(21)13-17)16-4-6-18-20(10-16)29-15(2)23-18/h4-7,10-11,13-14H,8-9,12H2,1-3H3/t14-/m0/s1. The van der Waals surface area contributed by atoms with Gasteiger partial charge in [-0.1, -0.05) is 6.07 Å². The Bertz CT molecular complexity index is 1280. The average Bonchev–Trinajstić information content (AvgIpc) is 3.09. The second-order valence-electron chi connectivity index (χ2n) is 7.79. The smallest absolute Gasteiger partial charge is 0.258 e. The highest BCUT2D eigenvalue weighted by Gasteiger charge is 2.21. The van der Waals surface area contributed by atoms with Crippen LogP contribution in [-0.2, 0) is 0 Å². The van der Waals surface area contributed by atoms with Crippen LogP contribution >= 0.6 is 0 Å². The maximum absolute atomic E-state index is 12.9. The maximum atomic E-state index is 12.9. The number of likely N-dealkylation sites (N-methyl/N-ethyl adjacent to an activating group) is 1. The van der Waals surface area contributed by atoms with Gasteiger partial charge in [-0.3, -0.25) is 9.20 Å². The number of pyridine rings is 1. The monoisotopic (exact) mass is 389 g/mol. The molecule has 0 bridgehead atoms. The summed E-state index contributed by atoms with van der Waals surface area (Å²) in [6.45, 7) is 6.94. The van der Waals surface area contributed by atoms with Crippen LogP contribution in [0.5, 0.6) is 0 Å². The van der Waals surface area contributed by atoms with Gasteiger partial charge in [0, 0.05) is 50.4 Å². The molecule has 3 aromatic heterocycles. The summed E-state index contributed by atoms with van der Waals surface area (Å²) in [5.41, 5.74) is 4.55. The summed E-state index contributed by atoms with van der Waals surface area (Å²) in [7, 11) is 2.15. The second kappa shape index (κ2) is 6.70. The lowest BCUT2D eigenvalue weighted by atomic mass is 10.1. The maximum Gasteiger partial charge on any atom is 0.258 e. The van der Waals surface area contributed by atoms with E-state index in [-0.39, 0.29) is 5.56 Å². The van der Waals surface area contributed by atoms with Crippen molar-refractivity contribution in [3.63, 3.8) is 0 Å². The van der Waals surface area contributed by atoms with Gasteiger partial charge >= 0.3 is 0 Å². The van der Waals surface area contributed by atoms with E-state index in [1.807, 2.05) is 43.5 Å². The van der Waals surface area contributed by atoms with Crippen molar-refractivity contribution in [1.82, 2.24) is 19.3 Å². The van der Waals surface area contributed by atoms with E-state index in [0.717, 1.165) is 36.4 Å². The average molecular weight is 389 g/mol. The number of anilines is 1. The highest BCUT2D eigenvalue weighted by molar-refractivity contribution is 5.79. The lowest BCUT2D eigenvalue weighted by Gasteiger charge is -2.39. The van der Waals surface area contributed by atoms with Crippen LogP contribution in [0.25, 0.3) is 28.0 Å². The summed E-state index contributed by atoms with van der Waals surface area (Å²) in [5.74, 6) is 0.620. The van der Waals surface area contributed by atoms with E-state index in [0.29, 0.717) is 28.9 Å². The fourth-order valence-electron chi connectivity index (χ4n) is 3.91. The van der Waals surface area contributed by atoms with Crippen LogP contribution in [0.3, 0.4) is 0 Å². The molecule has 1 aliphatic heterocycles. The highest BCUT2D eigenvalue weighted by atomic mass is 16.3. The summed E-state index contributed by atoms with van der Waals surface area (Å²) >= 11 is 0. The summed E-state index contributed by atoms with van der Waals surface area (Å²) < 4.78 is 7.24. The number of piperazine rings is 1. The SMILES string of the molecule is Cc1nc2ccc(-c3cc(=O)n4cc(N5CCN(C)[C@@H](C)C5)ccc4n3)cc2o1. The topological polar surface area (TPSA) is 66.9 Å². The first-order valence-corrected chi connectivity index (χ1v) is 9.84. The predicted octanol–water partition coefficient (Wildman–Crippen LogP) is 2.95. The first-order chi connectivity index (χ1) is 14.0. The summed E-state index contributed by atoms with van der Waals surface area (Å²) in [5, 5.41) is 0. The third kappa shape index (κ3) is 3.17. The zero-order valence-electron chi connectivity index (χ0n) is 16.8. The molecular formula is C22H23N5O2. The molecule has 1 atom stereocenters. The van der Waals surface area contributed by atoms with Crippen LogP contribution in [0, 0.1) is 6.92 Å². The largest absolute Gasteiger partial charge is 0.441 e. The number of rotatable bonds is 2. The molecule has 0 N–H and O–H groups in total. The molecule has 148 valence electrons. The number of hydrogen-bond acceptors (Lipinski definition) is 6. The Morgan fingerprint density at radius 3 is 2.79 bits per heavy atom. The van der Waals surface area contributed by atoms with E-state index in [9.17, 15) is 4.79 Å². The lowest BCUT2D eigenvalue weighted by molar-refractivity contribution is 0.234. The van der Waals surface area contributed by atoms with Gasteiger partial charge in [-0.2, -0.15) is 0 Å². The minimum Gasteiger partial charge on any atom is -0.441 e. The van der Waals surface area contributed by atoms with Gasteiger partial charge in [-0.05, 0) is 38.2 Å². The predicted molar refractivity (Wildman–Crippen MR) is 114 cm³/mol. The molecule has 5 rings (SSSR count). The molecule has 4 heterocycles. The molecule has 4 aromatic rings. The zero-order chi connectivity index (χ0) is 20.1. The fraction of sp³-hybridized carbons (Fsp3) is 0.318. The molecule has 7 heteroatoms. The fourth-order valence-corrected chi connectivity index (χ4v) is 3.91. The first kappa shape index (κ1) is 17.9. The van der Waals surface area contributed by atoms with E-state index < -0.39 is 0 Å².